The van der Waals surface area contributed by atoms with Gasteiger partial charge in [0.05, 0.1) is 0 Å². The first kappa shape index (κ1) is 12.4. The van der Waals surface area contributed by atoms with Crippen LogP contribution < -0.4 is 0 Å². The molecule has 0 saturated heterocycles. The Balaban J connectivity index is 5.92. The Bertz CT molecular complexity index is 225. The molecule has 0 radical (unpaired) electrons. The summed E-state index contributed by atoms with van der Waals surface area (Å²) in [6.45, 7) is 2.60. The standard InChI is InChI=1S/C3H9Si.4CHO.Co/c1-4(2)3;4*1-2;/h1-3H3;4*1H;. The van der Waals surface area contributed by atoms with Gasteiger partial charge in [-0.2, -0.15) is 0 Å². The van der Waals surface area contributed by atoms with Crippen molar-refractivity contribution < 1.29 is 30.1 Å². The van der Waals surface area contributed by atoms with Gasteiger partial charge in [-0.3, -0.25) is 0 Å². The van der Waals surface area contributed by atoms with Crippen LogP contribution in [0.2, 0.25) is 19.6 Å². The van der Waals surface area contributed by atoms with Gasteiger partial charge < -0.3 is 0 Å². The van der Waals surface area contributed by atoms with Crippen molar-refractivity contribution in [3.63, 3.8) is 0 Å². The van der Waals surface area contributed by atoms with Crippen LogP contribution in [0.4, 0.5) is 0 Å². The number of carbonyl (C=O) groups is 4. The van der Waals surface area contributed by atoms with Crippen molar-refractivity contribution in [3.05, 3.63) is 0 Å². The summed E-state index contributed by atoms with van der Waals surface area (Å²) in [5.74, 6) is 0. The van der Waals surface area contributed by atoms with Crippen LogP contribution in [0.3, 0.4) is 0 Å². The molecule has 0 amide bonds. The molecule has 0 aromatic carbocycles. The molecule has 0 aliphatic heterocycles. The topological polar surface area (TPSA) is 68.3 Å². The molecule has 0 aromatic rings. The van der Waals surface area contributed by atoms with E-state index in [9.17, 15) is 19.2 Å². The maximum absolute atomic E-state index is 10.9. The minimum atomic E-state index is -3.98. The molecule has 0 fully saturated rings. The summed E-state index contributed by atoms with van der Waals surface area (Å²) in [5.41, 5.74) is 0. The molecule has 0 unspecified atom stereocenters. The first-order chi connectivity index (χ1) is 5.82. The Morgan fingerprint density at radius 1 is 0.769 bits per heavy atom. The molecule has 0 heterocycles. The Morgan fingerprint density at radius 2 is 1.00 bits per heavy atom. The summed E-state index contributed by atoms with van der Waals surface area (Å²) < 4.78 is 0. The molecule has 0 atom stereocenters. The van der Waals surface area contributed by atoms with Gasteiger partial charge in [0.1, 0.15) is 0 Å². The second kappa shape index (κ2) is 3.28. The van der Waals surface area contributed by atoms with E-state index in [1.165, 1.54) is 0 Å². The Labute approximate surface area is 77.7 Å². The zero-order chi connectivity index (χ0) is 10.8. The van der Waals surface area contributed by atoms with Gasteiger partial charge >= 0.3 is 77.4 Å². The summed E-state index contributed by atoms with van der Waals surface area (Å²) in [6.07, 6.45) is 0. The third-order valence-electron chi connectivity index (χ3n) is 1.86. The molecule has 13 heavy (non-hydrogen) atoms. The summed E-state index contributed by atoms with van der Waals surface area (Å²) >= 11 is 0. The molecule has 0 aliphatic carbocycles. The molecule has 0 aliphatic rings. The fraction of sp³-hybridized carbons (Fsp3) is 0.429. The third-order valence-corrected chi connectivity index (χ3v) is 18.5. The summed E-state index contributed by atoms with van der Waals surface area (Å²) in [5, 5.41) is 1.18. The van der Waals surface area contributed by atoms with Crippen molar-refractivity contribution in [3.8, 4) is 0 Å². The van der Waals surface area contributed by atoms with Crippen molar-refractivity contribution in [2.45, 2.75) is 19.6 Å². The van der Waals surface area contributed by atoms with Crippen molar-refractivity contribution >= 4 is 27.6 Å². The van der Waals surface area contributed by atoms with E-state index in [0.29, 0.717) is 20.9 Å². The average Bonchev–Trinajstić information content (AvgIpc) is 2.08. The molecule has 4 nitrogen and oxygen atoms in total. The van der Waals surface area contributed by atoms with Crippen LogP contribution in [-0.4, -0.2) is 27.6 Å². The molecule has 78 valence electrons. The molecule has 0 saturated carbocycles. The first-order valence-electron chi connectivity index (χ1n) is 3.38. The van der Waals surface area contributed by atoms with Crippen molar-refractivity contribution in [1.82, 2.24) is 0 Å². The minimum absolute atomic E-state index is 0.295. The van der Waals surface area contributed by atoms with Gasteiger partial charge in [-0.1, -0.05) is 0 Å². The normalized spacial score (nSPS) is 15.2. The van der Waals surface area contributed by atoms with E-state index in [0.717, 1.165) is 0 Å². The van der Waals surface area contributed by atoms with Crippen molar-refractivity contribution in [1.29, 1.82) is 0 Å². The van der Waals surface area contributed by atoms with Gasteiger partial charge in [-0.05, 0) is 0 Å². The average molecular weight is 248 g/mol. The predicted octanol–water partition coefficient (Wildman–Crippen LogP) is 0.272. The van der Waals surface area contributed by atoms with E-state index in [4.69, 9.17) is 0 Å². The van der Waals surface area contributed by atoms with Gasteiger partial charge in [0, 0.05) is 0 Å². The van der Waals surface area contributed by atoms with Crippen LogP contribution in [0, 0.1) is 0 Å². The second-order valence-electron chi connectivity index (χ2n) is 3.37. The molecular formula is C7H13CoO4Si. The van der Waals surface area contributed by atoms with E-state index >= 15 is 0 Å². The number of carbonyl (C=O) groups excluding carboxylic acids is 4. The SMILES string of the molecule is C[Si](C)(C)[Co]([CH]=O)([CH]=O)([CH]=O)[CH]=O. The Hall–Kier alpha value is -0.597. The molecule has 0 aromatic heterocycles. The summed E-state index contributed by atoms with van der Waals surface area (Å²) in [6, 6.07) is 0. The van der Waals surface area contributed by atoms with Crippen LogP contribution >= 0.6 is 0 Å². The Morgan fingerprint density at radius 3 is 1.00 bits per heavy atom. The Kier molecular flexibility index (Phi) is 3.13. The maximum atomic E-state index is 10.9. The number of hydrogen-bond donors (Lipinski definition) is 0. The van der Waals surface area contributed by atoms with Gasteiger partial charge in [0.15, 0.2) is 0 Å². The third kappa shape index (κ3) is 1.34. The van der Waals surface area contributed by atoms with Gasteiger partial charge in [-0.25, -0.2) is 0 Å². The zero-order valence-corrected chi connectivity index (χ0v) is 9.82. The summed E-state index contributed by atoms with van der Waals surface area (Å²) in [7, 11) is -3.98. The van der Waals surface area contributed by atoms with Gasteiger partial charge in [0.25, 0.3) is 0 Å². The second-order valence-corrected chi connectivity index (χ2v) is 19.5. The number of rotatable bonds is 5. The van der Waals surface area contributed by atoms with Crippen LogP contribution in [0.5, 0.6) is 0 Å². The van der Waals surface area contributed by atoms with Crippen LogP contribution in [0.1, 0.15) is 0 Å². The van der Waals surface area contributed by atoms with E-state index < -0.39 is 17.7 Å². The van der Waals surface area contributed by atoms with Crippen LogP contribution in [0.25, 0.3) is 0 Å². The predicted molar refractivity (Wildman–Crippen MR) is 50.3 cm³/mol. The molecular weight excluding hydrogens is 235 g/mol. The molecule has 6 heteroatoms. The van der Waals surface area contributed by atoms with E-state index in [1.54, 1.807) is 19.6 Å². The summed E-state index contributed by atoms with van der Waals surface area (Å²) in [4.78, 5) is 43.5. The van der Waals surface area contributed by atoms with Crippen LogP contribution in [0.15, 0.2) is 0 Å². The molecule has 0 spiro atoms. The fourth-order valence-corrected chi connectivity index (χ4v) is 6.29. The van der Waals surface area contributed by atoms with E-state index in [2.05, 4.69) is 0 Å². The van der Waals surface area contributed by atoms with Crippen LogP contribution in [-0.2, 0) is 30.1 Å². The monoisotopic (exact) mass is 248 g/mol. The van der Waals surface area contributed by atoms with E-state index in [-0.39, 0.29) is 0 Å². The van der Waals surface area contributed by atoms with E-state index in [1.807, 2.05) is 0 Å². The van der Waals surface area contributed by atoms with Gasteiger partial charge in [-0.15, -0.1) is 0 Å². The molecule has 0 N–H and O–H groups in total. The van der Waals surface area contributed by atoms with Crippen molar-refractivity contribution in [2.75, 3.05) is 0 Å². The fourth-order valence-electron chi connectivity index (χ4n) is 0.583. The van der Waals surface area contributed by atoms with Gasteiger partial charge in [0.2, 0.25) is 0 Å². The molecule has 0 bridgehead atoms. The van der Waals surface area contributed by atoms with Crippen molar-refractivity contribution in [2.24, 2.45) is 0 Å². The number of hydrogen-bond acceptors (Lipinski definition) is 4. The first-order valence-corrected chi connectivity index (χ1v) is 10.7. The molecule has 0 rings (SSSR count). The quantitative estimate of drug-likeness (QED) is 0.517. The zero-order valence-electron chi connectivity index (χ0n) is 7.78.